The average Bonchev–Trinajstić information content (AvgIpc) is 3.18. The highest BCUT2D eigenvalue weighted by Gasteiger charge is 2.19. The van der Waals surface area contributed by atoms with E-state index in [9.17, 15) is 0 Å². The first-order valence-electron chi connectivity index (χ1n) is 15.9. The fraction of sp³-hybridized carbons (Fsp3) is 0. The Morgan fingerprint density at radius 3 is 1.88 bits per heavy atom. The molecule has 9 aromatic rings. The molecule has 0 spiro atoms. The summed E-state index contributed by atoms with van der Waals surface area (Å²) in [5.41, 5.74) is 11.2. The maximum Gasteiger partial charge on any atom is 0.160 e. The standard InChI is InChI=1S/C43H27N5/c1-3-13-28(14-4-1)36-25-23-33-35(27-30-22-24-39(38-21-11-12-26-44-38)46-40(30)42(33)45-36)31-17-7-8-18-32(31)41-34-19-9-10-20-37(34)47-43(48-41)29-15-5-2-6-16-29/h1-27H. The summed E-state index contributed by atoms with van der Waals surface area (Å²) in [5, 5.41) is 3.02. The van der Waals surface area contributed by atoms with Crippen molar-refractivity contribution >= 4 is 32.7 Å². The average molecular weight is 614 g/mol. The fourth-order valence-corrected chi connectivity index (χ4v) is 6.44. The molecule has 0 aliphatic carbocycles. The SMILES string of the molecule is c1ccc(-c2ccc3c(-c4ccccc4-c4nc(-c5ccccc5)nc5ccccc45)cc4ccc(-c5ccccn5)nc4c3n2)cc1. The maximum atomic E-state index is 5.29. The Labute approximate surface area is 277 Å². The van der Waals surface area contributed by atoms with Gasteiger partial charge in [-0.05, 0) is 53.6 Å². The van der Waals surface area contributed by atoms with E-state index in [4.69, 9.17) is 19.9 Å². The largest absolute Gasteiger partial charge is 0.255 e. The van der Waals surface area contributed by atoms with Crippen LogP contribution in [0.25, 0.3) is 89.1 Å². The van der Waals surface area contributed by atoms with Crippen molar-refractivity contribution in [3.8, 4) is 56.4 Å². The number of aromatic nitrogens is 5. The van der Waals surface area contributed by atoms with Crippen molar-refractivity contribution in [2.75, 3.05) is 0 Å². The number of hydrogen-bond donors (Lipinski definition) is 0. The number of rotatable bonds is 5. The van der Waals surface area contributed by atoms with Gasteiger partial charge in [0.25, 0.3) is 0 Å². The topological polar surface area (TPSA) is 64.5 Å². The van der Waals surface area contributed by atoms with Crippen LogP contribution in [0.5, 0.6) is 0 Å². The Morgan fingerprint density at radius 1 is 0.375 bits per heavy atom. The summed E-state index contributed by atoms with van der Waals surface area (Å²) >= 11 is 0. The Kier molecular flexibility index (Phi) is 6.72. The Bertz CT molecular complexity index is 2600. The van der Waals surface area contributed by atoms with E-state index in [-0.39, 0.29) is 0 Å². The Balaban J connectivity index is 1.32. The number of pyridine rings is 3. The summed E-state index contributed by atoms with van der Waals surface area (Å²) in [7, 11) is 0. The summed E-state index contributed by atoms with van der Waals surface area (Å²) < 4.78 is 0. The summed E-state index contributed by atoms with van der Waals surface area (Å²) in [6, 6.07) is 53.7. The maximum absolute atomic E-state index is 5.29. The molecule has 5 aromatic carbocycles. The summed E-state index contributed by atoms with van der Waals surface area (Å²) in [4.78, 5) is 25.2. The van der Waals surface area contributed by atoms with Gasteiger partial charge in [0.15, 0.2) is 5.82 Å². The van der Waals surface area contributed by atoms with E-state index in [1.54, 1.807) is 6.20 Å². The molecular weight excluding hydrogens is 587 g/mol. The molecule has 224 valence electrons. The predicted octanol–water partition coefficient (Wildman–Crippen LogP) is 10.5. The van der Waals surface area contributed by atoms with Crippen LogP contribution in [0.1, 0.15) is 0 Å². The zero-order chi connectivity index (χ0) is 31.9. The lowest BCUT2D eigenvalue weighted by atomic mass is 9.91. The van der Waals surface area contributed by atoms with Gasteiger partial charge in [-0.1, -0.05) is 115 Å². The highest BCUT2D eigenvalue weighted by Crippen LogP contribution is 2.41. The van der Waals surface area contributed by atoms with Gasteiger partial charge in [-0.3, -0.25) is 4.98 Å². The second kappa shape index (κ2) is 11.6. The molecule has 0 bridgehead atoms. The highest BCUT2D eigenvalue weighted by molar-refractivity contribution is 6.13. The van der Waals surface area contributed by atoms with Crippen molar-refractivity contribution in [2.45, 2.75) is 0 Å². The van der Waals surface area contributed by atoms with Gasteiger partial charge in [0.2, 0.25) is 0 Å². The van der Waals surface area contributed by atoms with E-state index >= 15 is 0 Å². The van der Waals surface area contributed by atoms with Gasteiger partial charge in [0, 0.05) is 39.0 Å². The summed E-state index contributed by atoms with van der Waals surface area (Å²) in [6.07, 6.45) is 1.80. The number of nitrogens with zero attached hydrogens (tertiary/aromatic N) is 5. The molecule has 4 aromatic heterocycles. The molecule has 48 heavy (non-hydrogen) atoms. The van der Waals surface area contributed by atoms with Crippen molar-refractivity contribution in [2.24, 2.45) is 0 Å². The third-order valence-electron chi connectivity index (χ3n) is 8.74. The van der Waals surface area contributed by atoms with E-state index in [0.717, 1.165) is 83.3 Å². The van der Waals surface area contributed by atoms with E-state index in [2.05, 4.69) is 89.9 Å². The molecule has 0 unspecified atom stereocenters. The molecular formula is C43H27N5. The van der Waals surface area contributed by atoms with Crippen molar-refractivity contribution in [1.82, 2.24) is 24.9 Å². The number of hydrogen-bond acceptors (Lipinski definition) is 5. The van der Waals surface area contributed by atoms with Crippen LogP contribution in [0.2, 0.25) is 0 Å². The van der Waals surface area contributed by atoms with Gasteiger partial charge in [-0.15, -0.1) is 0 Å². The second-order valence-corrected chi connectivity index (χ2v) is 11.7. The quantitative estimate of drug-likeness (QED) is 0.181. The minimum absolute atomic E-state index is 0.697. The third-order valence-corrected chi connectivity index (χ3v) is 8.74. The lowest BCUT2D eigenvalue weighted by molar-refractivity contribution is 1.23. The van der Waals surface area contributed by atoms with Crippen LogP contribution in [-0.4, -0.2) is 24.9 Å². The molecule has 0 aliphatic rings. The molecule has 0 radical (unpaired) electrons. The van der Waals surface area contributed by atoms with Gasteiger partial charge in [0.05, 0.1) is 39.3 Å². The number of fused-ring (bicyclic) bond motifs is 4. The van der Waals surface area contributed by atoms with Gasteiger partial charge < -0.3 is 0 Å². The Morgan fingerprint density at radius 2 is 1.06 bits per heavy atom. The number of benzene rings is 5. The molecule has 0 fully saturated rings. The number of para-hydroxylation sites is 1. The zero-order valence-electron chi connectivity index (χ0n) is 25.8. The zero-order valence-corrected chi connectivity index (χ0v) is 25.8. The second-order valence-electron chi connectivity index (χ2n) is 11.7. The van der Waals surface area contributed by atoms with Crippen molar-refractivity contribution in [3.05, 3.63) is 164 Å². The molecule has 5 heteroatoms. The lowest BCUT2D eigenvalue weighted by Gasteiger charge is -2.16. The van der Waals surface area contributed by atoms with Gasteiger partial charge in [-0.25, -0.2) is 19.9 Å². The molecule has 0 N–H and O–H groups in total. The summed E-state index contributed by atoms with van der Waals surface area (Å²) in [6.45, 7) is 0. The predicted molar refractivity (Wildman–Crippen MR) is 195 cm³/mol. The minimum atomic E-state index is 0.697. The normalized spacial score (nSPS) is 11.3. The molecule has 0 amide bonds. The first-order chi connectivity index (χ1) is 23.8. The van der Waals surface area contributed by atoms with Crippen molar-refractivity contribution < 1.29 is 0 Å². The van der Waals surface area contributed by atoms with Crippen molar-refractivity contribution in [1.29, 1.82) is 0 Å². The van der Waals surface area contributed by atoms with Crippen LogP contribution in [0.4, 0.5) is 0 Å². The molecule has 0 aliphatic heterocycles. The van der Waals surface area contributed by atoms with Gasteiger partial charge in [-0.2, -0.15) is 0 Å². The van der Waals surface area contributed by atoms with E-state index < -0.39 is 0 Å². The molecule has 9 rings (SSSR count). The minimum Gasteiger partial charge on any atom is -0.255 e. The van der Waals surface area contributed by atoms with Crippen LogP contribution in [-0.2, 0) is 0 Å². The van der Waals surface area contributed by atoms with Crippen LogP contribution >= 0.6 is 0 Å². The first-order valence-corrected chi connectivity index (χ1v) is 15.9. The Hall–Kier alpha value is -6.59. The van der Waals surface area contributed by atoms with E-state index in [1.165, 1.54) is 0 Å². The molecule has 5 nitrogen and oxygen atoms in total. The fourth-order valence-electron chi connectivity index (χ4n) is 6.44. The van der Waals surface area contributed by atoms with E-state index in [0.29, 0.717) is 5.82 Å². The molecule has 0 saturated carbocycles. The molecule has 0 atom stereocenters. The van der Waals surface area contributed by atoms with Crippen LogP contribution < -0.4 is 0 Å². The van der Waals surface area contributed by atoms with Crippen LogP contribution in [0, 0.1) is 0 Å². The smallest absolute Gasteiger partial charge is 0.160 e. The summed E-state index contributed by atoms with van der Waals surface area (Å²) in [5.74, 6) is 0.697. The molecule has 0 saturated heterocycles. The van der Waals surface area contributed by atoms with Gasteiger partial charge in [0.1, 0.15) is 0 Å². The monoisotopic (exact) mass is 613 g/mol. The van der Waals surface area contributed by atoms with E-state index in [1.807, 2.05) is 72.8 Å². The van der Waals surface area contributed by atoms with Crippen LogP contribution in [0.3, 0.4) is 0 Å². The van der Waals surface area contributed by atoms with Crippen LogP contribution in [0.15, 0.2) is 164 Å². The van der Waals surface area contributed by atoms with Gasteiger partial charge >= 0.3 is 0 Å². The third kappa shape index (κ3) is 4.86. The van der Waals surface area contributed by atoms with Crippen molar-refractivity contribution in [3.63, 3.8) is 0 Å². The first kappa shape index (κ1) is 27.7. The molecule has 4 heterocycles. The highest BCUT2D eigenvalue weighted by atomic mass is 14.9. The lowest BCUT2D eigenvalue weighted by Crippen LogP contribution is -1.97.